The van der Waals surface area contributed by atoms with Crippen molar-refractivity contribution >= 4 is 5.91 Å². The van der Waals surface area contributed by atoms with Crippen LogP contribution >= 0.6 is 0 Å². The van der Waals surface area contributed by atoms with Crippen molar-refractivity contribution < 1.29 is 9.53 Å². The summed E-state index contributed by atoms with van der Waals surface area (Å²) in [6.45, 7) is 4.58. The number of rotatable bonds is 2. The van der Waals surface area contributed by atoms with Crippen LogP contribution in [-0.4, -0.2) is 30.5 Å². The van der Waals surface area contributed by atoms with Gasteiger partial charge in [0, 0.05) is 30.5 Å². The summed E-state index contributed by atoms with van der Waals surface area (Å²) in [6.07, 6.45) is 1.91. The Bertz CT molecular complexity index is 741. The van der Waals surface area contributed by atoms with Crippen LogP contribution in [0.1, 0.15) is 34.8 Å². The SMILES string of the molecule is CC1(c2ccccc2)CCN(C(=O)c2ccc3c(c2)CCO3)C1. The van der Waals surface area contributed by atoms with Crippen LogP contribution in [0.2, 0.25) is 0 Å². The maximum Gasteiger partial charge on any atom is 0.253 e. The first-order valence-corrected chi connectivity index (χ1v) is 8.26. The predicted molar refractivity (Wildman–Crippen MR) is 90.0 cm³/mol. The fourth-order valence-corrected chi connectivity index (χ4v) is 3.71. The Morgan fingerprint density at radius 3 is 2.83 bits per heavy atom. The third kappa shape index (κ3) is 2.50. The van der Waals surface area contributed by atoms with Crippen LogP contribution in [0, 0.1) is 0 Å². The minimum absolute atomic E-state index is 0.0523. The highest BCUT2D eigenvalue weighted by Gasteiger charge is 2.37. The van der Waals surface area contributed by atoms with Crippen LogP contribution in [0.15, 0.2) is 48.5 Å². The van der Waals surface area contributed by atoms with Crippen molar-refractivity contribution in [2.45, 2.75) is 25.2 Å². The van der Waals surface area contributed by atoms with Gasteiger partial charge in [0.2, 0.25) is 0 Å². The third-order valence-electron chi connectivity index (χ3n) is 5.17. The second-order valence-electron chi connectivity index (χ2n) is 6.82. The van der Waals surface area contributed by atoms with E-state index in [1.54, 1.807) is 0 Å². The van der Waals surface area contributed by atoms with Gasteiger partial charge in [0.1, 0.15) is 5.75 Å². The monoisotopic (exact) mass is 307 g/mol. The largest absolute Gasteiger partial charge is 0.493 e. The van der Waals surface area contributed by atoms with Crippen LogP contribution in [0.3, 0.4) is 0 Å². The van der Waals surface area contributed by atoms with Gasteiger partial charge in [-0.1, -0.05) is 37.3 Å². The Morgan fingerprint density at radius 1 is 1.17 bits per heavy atom. The zero-order chi connectivity index (χ0) is 15.9. The van der Waals surface area contributed by atoms with Crippen molar-refractivity contribution in [2.24, 2.45) is 0 Å². The second kappa shape index (κ2) is 5.41. The molecule has 0 saturated carbocycles. The highest BCUT2D eigenvalue weighted by atomic mass is 16.5. The molecule has 118 valence electrons. The molecule has 1 unspecified atom stereocenters. The molecular weight excluding hydrogens is 286 g/mol. The van der Waals surface area contributed by atoms with Crippen LogP contribution in [0.4, 0.5) is 0 Å². The van der Waals surface area contributed by atoms with E-state index in [1.807, 2.05) is 29.2 Å². The number of fused-ring (bicyclic) bond motifs is 1. The molecule has 2 aliphatic rings. The average Bonchev–Trinajstić information content (AvgIpc) is 3.21. The third-order valence-corrected chi connectivity index (χ3v) is 5.17. The van der Waals surface area contributed by atoms with Crippen LogP contribution < -0.4 is 4.74 Å². The summed E-state index contributed by atoms with van der Waals surface area (Å²) in [5, 5.41) is 0. The van der Waals surface area contributed by atoms with Crippen molar-refractivity contribution in [3.63, 3.8) is 0 Å². The fourth-order valence-electron chi connectivity index (χ4n) is 3.71. The average molecular weight is 307 g/mol. The maximum absolute atomic E-state index is 12.9. The molecule has 2 aromatic carbocycles. The molecule has 0 aromatic heterocycles. The normalized spacial score (nSPS) is 22.7. The lowest BCUT2D eigenvalue weighted by atomic mass is 9.82. The minimum Gasteiger partial charge on any atom is -0.493 e. The molecule has 2 aliphatic heterocycles. The van der Waals surface area contributed by atoms with E-state index in [-0.39, 0.29) is 11.3 Å². The Balaban J connectivity index is 1.54. The fraction of sp³-hybridized carbons (Fsp3) is 0.350. The highest BCUT2D eigenvalue weighted by Crippen LogP contribution is 2.35. The van der Waals surface area contributed by atoms with Crippen LogP contribution in [0.5, 0.6) is 5.75 Å². The number of benzene rings is 2. The van der Waals surface area contributed by atoms with Gasteiger partial charge in [0.05, 0.1) is 6.61 Å². The molecule has 3 heteroatoms. The topological polar surface area (TPSA) is 29.5 Å². The lowest BCUT2D eigenvalue weighted by Crippen LogP contribution is -2.32. The van der Waals surface area contributed by atoms with E-state index in [4.69, 9.17) is 4.74 Å². The summed E-state index contributed by atoms with van der Waals surface area (Å²) in [6, 6.07) is 16.4. The smallest absolute Gasteiger partial charge is 0.253 e. The van der Waals surface area contributed by atoms with Crippen molar-refractivity contribution in [2.75, 3.05) is 19.7 Å². The molecule has 23 heavy (non-hydrogen) atoms. The Labute approximate surface area is 136 Å². The highest BCUT2D eigenvalue weighted by molar-refractivity contribution is 5.95. The number of likely N-dealkylation sites (tertiary alicyclic amines) is 1. The van der Waals surface area contributed by atoms with Gasteiger partial charge in [-0.2, -0.15) is 0 Å². The number of amides is 1. The van der Waals surface area contributed by atoms with E-state index in [0.717, 1.165) is 49.4 Å². The molecule has 4 rings (SSSR count). The molecule has 1 amide bonds. The zero-order valence-corrected chi connectivity index (χ0v) is 13.4. The van der Waals surface area contributed by atoms with Crippen molar-refractivity contribution in [3.8, 4) is 5.75 Å². The van der Waals surface area contributed by atoms with Gasteiger partial charge in [0.25, 0.3) is 5.91 Å². The quantitative estimate of drug-likeness (QED) is 0.851. The summed E-state index contributed by atoms with van der Waals surface area (Å²) in [7, 11) is 0. The van der Waals surface area contributed by atoms with Gasteiger partial charge >= 0.3 is 0 Å². The standard InChI is InChI=1S/C20H21NO2/c1-20(17-5-3-2-4-6-17)10-11-21(14-20)19(22)16-7-8-18-15(13-16)9-12-23-18/h2-8,13H,9-12,14H2,1H3. The predicted octanol–water partition coefficient (Wildman–Crippen LogP) is 3.43. The number of hydrogen-bond acceptors (Lipinski definition) is 2. The van der Waals surface area contributed by atoms with Gasteiger partial charge in [0.15, 0.2) is 0 Å². The van der Waals surface area contributed by atoms with Gasteiger partial charge < -0.3 is 9.64 Å². The summed E-state index contributed by atoms with van der Waals surface area (Å²) in [5.41, 5.74) is 3.31. The molecule has 0 bridgehead atoms. The number of ether oxygens (including phenoxy) is 1. The molecule has 0 N–H and O–H groups in total. The molecule has 1 fully saturated rings. The molecule has 1 saturated heterocycles. The first kappa shape index (κ1) is 14.3. The van der Waals surface area contributed by atoms with Gasteiger partial charge in [-0.3, -0.25) is 4.79 Å². The number of hydrogen-bond donors (Lipinski definition) is 0. The van der Waals surface area contributed by atoms with Crippen molar-refractivity contribution in [3.05, 3.63) is 65.2 Å². The van der Waals surface area contributed by atoms with Crippen molar-refractivity contribution in [1.82, 2.24) is 4.90 Å². The van der Waals surface area contributed by atoms with E-state index >= 15 is 0 Å². The summed E-state index contributed by atoms with van der Waals surface area (Å²) >= 11 is 0. The van der Waals surface area contributed by atoms with Gasteiger partial charge in [-0.05, 0) is 35.7 Å². The number of carbonyl (C=O) groups is 1. The number of nitrogens with zero attached hydrogens (tertiary/aromatic N) is 1. The maximum atomic E-state index is 12.9. The molecule has 0 radical (unpaired) electrons. The van der Waals surface area contributed by atoms with E-state index in [1.165, 1.54) is 5.56 Å². The Hall–Kier alpha value is -2.29. The summed E-state index contributed by atoms with van der Waals surface area (Å²) in [4.78, 5) is 14.8. The van der Waals surface area contributed by atoms with E-state index in [0.29, 0.717) is 0 Å². The second-order valence-corrected chi connectivity index (χ2v) is 6.82. The lowest BCUT2D eigenvalue weighted by molar-refractivity contribution is 0.0784. The van der Waals surface area contributed by atoms with E-state index < -0.39 is 0 Å². The first-order chi connectivity index (χ1) is 11.2. The Morgan fingerprint density at radius 2 is 2.00 bits per heavy atom. The van der Waals surface area contributed by atoms with Crippen LogP contribution in [0.25, 0.3) is 0 Å². The zero-order valence-electron chi connectivity index (χ0n) is 13.4. The summed E-state index contributed by atoms with van der Waals surface area (Å²) in [5.74, 6) is 1.07. The molecule has 0 spiro atoms. The molecule has 2 heterocycles. The number of carbonyl (C=O) groups excluding carboxylic acids is 1. The lowest BCUT2D eigenvalue weighted by Gasteiger charge is -2.25. The molecule has 2 aromatic rings. The van der Waals surface area contributed by atoms with E-state index in [9.17, 15) is 4.79 Å². The molecule has 0 aliphatic carbocycles. The van der Waals surface area contributed by atoms with Crippen molar-refractivity contribution in [1.29, 1.82) is 0 Å². The summed E-state index contributed by atoms with van der Waals surface area (Å²) < 4.78 is 5.52. The Kier molecular flexibility index (Phi) is 3.37. The first-order valence-electron chi connectivity index (χ1n) is 8.26. The van der Waals surface area contributed by atoms with Crippen LogP contribution in [-0.2, 0) is 11.8 Å². The molecule has 3 nitrogen and oxygen atoms in total. The molecule has 1 atom stereocenters. The van der Waals surface area contributed by atoms with Gasteiger partial charge in [-0.15, -0.1) is 0 Å². The van der Waals surface area contributed by atoms with Gasteiger partial charge in [-0.25, -0.2) is 0 Å². The minimum atomic E-state index is 0.0523. The van der Waals surface area contributed by atoms with E-state index in [2.05, 4.69) is 31.2 Å². The molecular formula is C20H21NO2.